The quantitative estimate of drug-likeness (QED) is 0.166. The van der Waals surface area contributed by atoms with E-state index in [9.17, 15) is 0 Å². The van der Waals surface area contributed by atoms with Crippen molar-refractivity contribution in [3.63, 3.8) is 0 Å². The Labute approximate surface area is 325 Å². The molecule has 1 aliphatic carbocycles. The average molecular weight is 713 g/mol. The molecule has 11 aromatic rings. The lowest BCUT2D eigenvalue weighted by molar-refractivity contribution is 0.657. The molecule has 0 saturated heterocycles. The molecule has 0 amide bonds. The van der Waals surface area contributed by atoms with Crippen molar-refractivity contribution < 1.29 is 4.42 Å². The van der Waals surface area contributed by atoms with E-state index in [-0.39, 0.29) is 5.41 Å². The van der Waals surface area contributed by atoms with Crippen LogP contribution in [0.3, 0.4) is 0 Å². The summed E-state index contributed by atoms with van der Waals surface area (Å²) < 4.78 is 6.52. The summed E-state index contributed by atoms with van der Waals surface area (Å²) in [6, 6.07) is 67.0. The lowest BCUT2D eigenvalue weighted by Crippen LogP contribution is -2.15. The number of hydrogen-bond donors (Lipinski definition) is 0. The molecule has 0 unspecified atom stereocenters. The Morgan fingerprint density at radius 2 is 0.893 bits per heavy atom. The molecule has 12 rings (SSSR count). The molecule has 0 aliphatic heterocycles. The third kappa shape index (κ3) is 4.31. The Morgan fingerprint density at radius 1 is 0.357 bits per heavy atom. The summed E-state index contributed by atoms with van der Waals surface area (Å²) >= 11 is 0. The Bertz CT molecular complexity index is 3370. The predicted octanol–water partition coefficient (Wildman–Crippen LogP) is 15.5. The second-order valence-corrected chi connectivity index (χ2v) is 16.0. The molecular weight excluding hydrogens is 677 g/mol. The van der Waals surface area contributed by atoms with Crippen molar-refractivity contribution in [1.82, 2.24) is 0 Å². The van der Waals surface area contributed by atoms with Gasteiger partial charge in [-0.3, -0.25) is 0 Å². The smallest absolute Gasteiger partial charge is 0.136 e. The molecule has 1 aromatic heterocycles. The zero-order valence-electron chi connectivity index (χ0n) is 31.2. The minimum Gasteiger partial charge on any atom is -0.456 e. The van der Waals surface area contributed by atoms with E-state index < -0.39 is 0 Å². The largest absolute Gasteiger partial charge is 0.456 e. The van der Waals surface area contributed by atoms with E-state index in [4.69, 9.17) is 4.42 Å². The Balaban J connectivity index is 1.01. The van der Waals surface area contributed by atoms with Crippen molar-refractivity contribution in [3.05, 3.63) is 193 Å². The van der Waals surface area contributed by atoms with Gasteiger partial charge < -0.3 is 4.42 Å². The monoisotopic (exact) mass is 712 g/mol. The molecule has 1 aliphatic rings. The molecule has 0 atom stereocenters. The third-order valence-corrected chi connectivity index (χ3v) is 12.6. The van der Waals surface area contributed by atoms with E-state index >= 15 is 0 Å². The van der Waals surface area contributed by atoms with Crippen LogP contribution in [-0.4, -0.2) is 0 Å². The van der Waals surface area contributed by atoms with Crippen LogP contribution in [0.25, 0.3) is 110 Å². The summed E-state index contributed by atoms with van der Waals surface area (Å²) in [4.78, 5) is 0. The van der Waals surface area contributed by atoms with Gasteiger partial charge >= 0.3 is 0 Å². The first-order chi connectivity index (χ1) is 27.5. The molecule has 1 heterocycles. The summed E-state index contributed by atoms with van der Waals surface area (Å²) in [7, 11) is 0. The predicted molar refractivity (Wildman–Crippen MR) is 238 cm³/mol. The first kappa shape index (κ1) is 31.4. The summed E-state index contributed by atoms with van der Waals surface area (Å²) in [5.74, 6) is 0. The molecule has 1 nitrogen and oxygen atoms in total. The van der Waals surface area contributed by atoms with Crippen LogP contribution in [0, 0.1) is 0 Å². The zero-order chi connectivity index (χ0) is 37.1. The first-order valence-corrected chi connectivity index (χ1v) is 19.6. The van der Waals surface area contributed by atoms with Gasteiger partial charge in [-0.05, 0) is 117 Å². The highest BCUT2D eigenvalue weighted by Gasteiger charge is 2.38. The fourth-order valence-corrected chi connectivity index (χ4v) is 10.1. The van der Waals surface area contributed by atoms with Crippen LogP contribution in [0.5, 0.6) is 0 Å². The normalized spacial score (nSPS) is 13.3. The van der Waals surface area contributed by atoms with Gasteiger partial charge in [-0.1, -0.05) is 178 Å². The van der Waals surface area contributed by atoms with Crippen LogP contribution in [0.2, 0.25) is 0 Å². The standard InChI is InChI=1S/C55H36O/c1-55(2)47-29-26-37(32-46(47)45-28-31-49-53(54(45)55)52-39-16-6-4-13-35(39)27-30-48(52)56-49)33-22-24-36(25-23-33)50-41-17-7-9-19-43(41)51(44-20-10-8-18-42(44)50)40-21-11-14-34-12-3-5-15-38(34)40/h3-32H,1-2H3. The summed E-state index contributed by atoms with van der Waals surface area (Å²) in [6.07, 6.45) is 0. The van der Waals surface area contributed by atoms with Crippen molar-refractivity contribution in [1.29, 1.82) is 0 Å². The topological polar surface area (TPSA) is 13.1 Å². The van der Waals surface area contributed by atoms with Gasteiger partial charge in [-0.15, -0.1) is 0 Å². The van der Waals surface area contributed by atoms with E-state index in [0.29, 0.717) is 0 Å². The third-order valence-electron chi connectivity index (χ3n) is 12.6. The van der Waals surface area contributed by atoms with Gasteiger partial charge in [0.25, 0.3) is 0 Å². The fourth-order valence-electron chi connectivity index (χ4n) is 10.1. The van der Waals surface area contributed by atoms with E-state index in [1.807, 2.05) is 0 Å². The summed E-state index contributed by atoms with van der Waals surface area (Å²) in [5.41, 5.74) is 14.6. The highest BCUT2D eigenvalue weighted by atomic mass is 16.3. The number of hydrogen-bond acceptors (Lipinski definition) is 1. The molecule has 10 aromatic carbocycles. The van der Waals surface area contributed by atoms with Crippen molar-refractivity contribution in [2.45, 2.75) is 19.3 Å². The van der Waals surface area contributed by atoms with E-state index in [0.717, 1.165) is 11.2 Å². The highest BCUT2D eigenvalue weighted by molar-refractivity contribution is 6.24. The molecule has 0 spiro atoms. The molecule has 0 bridgehead atoms. The van der Waals surface area contributed by atoms with E-state index in [1.54, 1.807) is 0 Å². The van der Waals surface area contributed by atoms with Crippen molar-refractivity contribution in [3.8, 4) is 44.5 Å². The van der Waals surface area contributed by atoms with E-state index in [2.05, 4.69) is 196 Å². The molecule has 0 N–H and O–H groups in total. The van der Waals surface area contributed by atoms with Crippen LogP contribution in [0.15, 0.2) is 186 Å². The van der Waals surface area contributed by atoms with Gasteiger partial charge in [0.2, 0.25) is 0 Å². The van der Waals surface area contributed by atoms with Crippen LogP contribution in [0.1, 0.15) is 25.0 Å². The maximum Gasteiger partial charge on any atom is 0.136 e. The highest BCUT2D eigenvalue weighted by Crippen LogP contribution is 2.54. The van der Waals surface area contributed by atoms with Gasteiger partial charge in [0.15, 0.2) is 0 Å². The Hall–Kier alpha value is -6.96. The second-order valence-electron chi connectivity index (χ2n) is 16.0. The molecule has 0 radical (unpaired) electrons. The number of rotatable bonds is 3. The number of benzene rings is 10. The van der Waals surface area contributed by atoms with Gasteiger partial charge in [0, 0.05) is 16.2 Å². The lowest BCUT2D eigenvalue weighted by Gasteiger charge is -2.22. The van der Waals surface area contributed by atoms with E-state index in [1.165, 1.54) is 109 Å². The molecular formula is C55H36O. The van der Waals surface area contributed by atoms with Crippen molar-refractivity contribution >= 4 is 65.0 Å². The molecule has 262 valence electrons. The SMILES string of the molecule is CC1(C)c2ccc(-c3ccc(-c4c5ccccc5c(-c5cccc6ccccc56)c5ccccc45)cc3)cc2-c2ccc3oc4ccc5ccccc5c4c3c21. The molecule has 0 fully saturated rings. The van der Waals surface area contributed by atoms with Crippen molar-refractivity contribution in [2.24, 2.45) is 0 Å². The summed E-state index contributed by atoms with van der Waals surface area (Å²) in [6.45, 7) is 4.74. The van der Waals surface area contributed by atoms with Gasteiger partial charge in [0.05, 0.1) is 0 Å². The van der Waals surface area contributed by atoms with Crippen LogP contribution < -0.4 is 0 Å². The minimum absolute atomic E-state index is 0.180. The van der Waals surface area contributed by atoms with Crippen LogP contribution in [0.4, 0.5) is 0 Å². The zero-order valence-corrected chi connectivity index (χ0v) is 31.2. The fraction of sp³-hybridized carbons (Fsp3) is 0.0545. The number of furan rings is 1. The minimum atomic E-state index is -0.180. The first-order valence-electron chi connectivity index (χ1n) is 19.6. The van der Waals surface area contributed by atoms with Gasteiger partial charge in [0.1, 0.15) is 11.2 Å². The molecule has 0 saturated carbocycles. The van der Waals surface area contributed by atoms with Gasteiger partial charge in [-0.2, -0.15) is 0 Å². The average Bonchev–Trinajstić information content (AvgIpc) is 3.74. The molecule has 56 heavy (non-hydrogen) atoms. The Kier molecular flexibility index (Phi) is 6.46. The number of fused-ring (bicyclic) bond motifs is 12. The summed E-state index contributed by atoms with van der Waals surface area (Å²) in [5, 5.41) is 12.6. The second kappa shape index (κ2) is 11.5. The Morgan fingerprint density at radius 3 is 1.61 bits per heavy atom. The van der Waals surface area contributed by atoms with Crippen LogP contribution >= 0.6 is 0 Å². The lowest BCUT2D eigenvalue weighted by atomic mass is 9.80. The molecule has 1 heteroatoms. The maximum absolute atomic E-state index is 6.52. The maximum atomic E-state index is 6.52. The van der Waals surface area contributed by atoms with Crippen LogP contribution in [-0.2, 0) is 5.41 Å². The van der Waals surface area contributed by atoms with Crippen molar-refractivity contribution in [2.75, 3.05) is 0 Å². The van der Waals surface area contributed by atoms with Gasteiger partial charge in [-0.25, -0.2) is 0 Å².